The lowest BCUT2D eigenvalue weighted by Gasteiger charge is -2.35. The van der Waals surface area contributed by atoms with Crippen LogP contribution in [0.25, 0.3) is 0 Å². The van der Waals surface area contributed by atoms with Crippen LogP contribution in [0.4, 0.5) is 11.4 Å². The van der Waals surface area contributed by atoms with Crippen molar-refractivity contribution in [1.29, 1.82) is 0 Å². The highest BCUT2D eigenvalue weighted by molar-refractivity contribution is 6.12. The van der Waals surface area contributed by atoms with Crippen LogP contribution in [0.3, 0.4) is 0 Å². The van der Waals surface area contributed by atoms with Crippen molar-refractivity contribution in [3.05, 3.63) is 58.7 Å². The summed E-state index contributed by atoms with van der Waals surface area (Å²) in [6.07, 6.45) is 0. The van der Waals surface area contributed by atoms with Crippen LogP contribution in [0.5, 0.6) is 0 Å². The molecule has 0 bridgehead atoms. The van der Waals surface area contributed by atoms with E-state index in [2.05, 4.69) is 0 Å². The normalized spacial score (nSPS) is 15.2. The zero-order valence-electron chi connectivity index (χ0n) is 14.6. The first-order valence-corrected chi connectivity index (χ1v) is 8.13. The summed E-state index contributed by atoms with van der Waals surface area (Å²) in [5, 5.41) is 0. The summed E-state index contributed by atoms with van der Waals surface area (Å²) in [5.74, 6) is -0.103. The summed E-state index contributed by atoms with van der Waals surface area (Å²) in [4.78, 5) is 28.6. The third-order valence-electron chi connectivity index (χ3n) is 4.92. The van der Waals surface area contributed by atoms with E-state index in [0.29, 0.717) is 0 Å². The Labute approximate surface area is 142 Å². The molecule has 2 aromatic rings. The predicted octanol–water partition coefficient (Wildman–Crippen LogP) is 3.30. The van der Waals surface area contributed by atoms with Crippen LogP contribution in [-0.2, 0) is 9.59 Å². The van der Waals surface area contributed by atoms with Crippen molar-refractivity contribution in [2.75, 3.05) is 22.9 Å². The molecular formula is C20H22N2O2. The molecule has 24 heavy (non-hydrogen) atoms. The van der Waals surface area contributed by atoms with Gasteiger partial charge in [0, 0.05) is 11.4 Å². The Bertz CT molecular complexity index is 757. The smallest absolute Gasteiger partial charge is 0.247 e. The van der Waals surface area contributed by atoms with Gasteiger partial charge in [-0.1, -0.05) is 24.3 Å². The van der Waals surface area contributed by atoms with E-state index in [1.165, 1.54) is 0 Å². The van der Waals surface area contributed by atoms with Crippen molar-refractivity contribution in [3.8, 4) is 0 Å². The molecule has 124 valence electrons. The first kappa shape index (κ1) is 16.2. The maximum atomic E-state index is 12.7. The molecule has 0 atom stereocenters. The number of amides is 2. The molecule has 1 aliphatic heterocycles. The molecule has 4 heteroatoms. The maximum Gasteiger partial charge on any atom is 0.247 e. The third kappa shape index (κ3) is 2.68. The average Bonchev–Trinajstić information content (AvgIpc) is 2.55. The summed E-state index contributed by atoms with van der Waals surface area (Å²) >= 11 is 0. The second kappa shape index (κ2) is 6.11. The molecule has 0 aliphatic carbocycles. The van der Waals surface area contributed by atoms with Crippen LogP contribution < -0.4 is 9.80 Å². The Morgan fingerprint density at radius 3 is 1.42 bits per heavy atom. The van der Waals surface area contributed by atoms with E-state index < -0.39 is 0 Å². The largest absolute Gasteiger partial charge is 0.301 e. The number of carbonyl (C=O) groups is 2. The molecule has 2 amide bonds. The lowest BCUT2D eigenvalue weighted by Crippen LogP contribution is -2.54. The zero-order chi connectivity index (χ0) is 17.4. The minimum Gasteiger partial charge on any atom is -0.301 e. The fourth-order valence-electron chi connectivity index (χ4n) is 3.11. The molecule has 4 nitrogen and oxygen atoms in total. The van der Waals surface area contributed by atoms with Crippen LogP contribution in [0, 0.1) is 27.7 Å². The SMILES string of the molecule is Cc1cccc(N2CC(=O)N(c3cccc(C)c3C)CC2=O)c1C. The fraction of sp³-hybridized carbons (Fsp3) is 0.300. The van der Waals surface area contributed by atoms with Crippen molar-refractivity contribution >= 4 is 23.2 Å². The monoisotopic (exact) mass is 322 g/mol. The van der Waals surface area contributed by atoms with Gasteiger partial charge in [0.05, 0.1) is 0 Å². The van der Waals surface area contributed by atoms with Crippen LogP contribution in [0.15, 0.2) is 36.4 Å². The van der Waals surface area contributed by atoms with Gasteiger partial charge in [-0.15, -0.1) is 0 Å². The zero-order valence-corrected chi connectivity index (χ0v) is 14.6. The average molecular weight is 322 g/mol. The van der Waals surface area contributed by atoms with Crippen LogP contribution in [0.1, 0.15) is 22.3 Å². The van der Waals surface area contributed by atoms with E-state index in [4.69, 9.17) is 0 Å². The number of piperazine rings is 1. The topological polar surface area (TPSA) is 40.6 Å². The molecule has 0 aromatic heterocycles. The number of benzene rings is 2. The maximum absolute atomic E-state index is 12.7. The van der Waals surface area contributed by atoms with Gasteiger partial charge in [0.1, 0.15) is 13.1 Å². The number of rotatable bonds is 2. The molecule has 1 aliphatic rings. The molecule has 3 rings (SSSR count). The summed E-state index contributed by atoms with van der Waals surface area (Å²) in [5.41, 5.74) is 5.97. The van der Waals surface area contributed by atoms with E-state index >= 15 is 0 Å². The Kier molecular flexibility index (Phi) is 4.14. The van der Waals surface area contributed by atoms with E-state index in [9.17, 15) is 9.59 Å². The first-order chi connectivity index (χ1) is 11.4. The van der Waals surface area contributed by atoms with Gasteiger partial charge in [-0.05, 0) is 62.1 Å². The van der Waals surface area contributed by atoms with E-state index in [1.54, 1.807) is 9.80 Å². The number of hydrogen-bond acceptors (Lipinski definition) is 2. The minimum atomic E-state index is -0.0517. The molecule has 0 saturated carbocycles. The molecule has 1 saturated heterocycles. The molecule has 2 aromatic carbocycles. The van der Waals surface area contributed by atoms with Gasteiger partial charge in [0.25, 0.3) is 0 Å². The second-order valence-corrected chi connectivity index (χ2v) is 6.40. The number of anilines is 2. The highest BCUT2D eigenvalue weighted by atomic mass is 16.2. The van der Waals surface area contributed by atoms with Crippen molar-refractivity contribution in [3.63, 3.8) is 0 Å². The van der Waals surface area contributed by atoms with Gasteiger partial charge in [-0.25, -0.2) is 0 Å². The second-order valence-electron chi connectivity index (χ2n) is 6.40. The summed E-state index contributed by atoms with van der Waals surface area (Å²) in [7, 11) is 0. The van der Waals surface area contributed by atoms with Crippen LogP contribution in [-0.4, -0.2) is 24.9 Å². The van der Waals surface area contributed by atoms with Crippen molar-refractivity contribution in [2.45, 2.75) is 27.7 Å². The highest BCUT2D eigenvalue weighted by Gasteiger charge is 2.33. The van der Waals surface area contributed by atoms with Gasteiger partial charge in [-0.2, -0.15) is 0 Å². The van der Waals surface area contributed by atoms with Gasteiger partial charge >= 0.3 is 0 Å². The standard InChI is InChI=1S/C20H22N2O2/c1-13-7-5-9-17(15(13)3)21-11-20(24)22(12-19(21)23)18-10-6-8-14(2)16(18)4/h5-10H,11-12H2,1-4H3. The van der Waals surface area contributed by atoms with Gasteiger partial charge < -0.3 is 9.80 Å². The molecular weight excluding hydrogens is 300 g/mol. The number of nitrogens with zero attached hydrogens (tertiary/aromatic N) is 2. The quantitative estimate of drug-likeness (QED) is 0.851. The third-order valence-corrected chi connectivity index (χ3v) is 4.92. The number of hydrogen-bond donors (Lipinski definition) is 0. The molecule has 0 radical (unpaired) electrons. The Hall–Kier alpha value is -2.62. The molecule has 0 spiro atoms. The van der Waals surface area contributed by atoms with E-state index in [0.717, 1.165) is 33.6 Å². The molecule has 1 fully saturated rings. The van der Waals surface area contributed by atoms with Crippen molar-refractivity contribution in [2.24, 2.45) is 0 Å². The highest BCUT2D eigenvalue weighted by Crippen LogP contribution is 2.28. The van der Waals surface area contributed by atoms with Gasteiger partial charge in [0.2, 0.25) is 11.8 Å². The lowest BCUT2D eigenvalue weighted by atomic mass is 10.0. The number of carbonyl (C=O) groups excluding carboxylic acids is 2. The predicted molar refractivity (Wildman–Crippen MR) is 96.5 cm³/mol. The van der Waals surface area contributed by atoms with Crippen molar-refractivity contribution in [1.82, 2.24) is 0 Å². The Morgan fingerprint density at radius 1 is 0.667 bits per heavy atom. The summed E-state index contributed by atoms with van der Waals surface area (Å²) in [6, 6.07) is 11.7. The van der Waals surface area contributed by atoms with Gasteiger partial charge in [-0.3, -0.25) is 9.59 Å². The molecule has 0 N–H and O–H groups in total. The minimum absolute atomic E-state index is 0.0517. The Balaban J connectivity index is 1.93. The summed E-state index contributed by atoms with van der Waals surface area (Å²) < 4.78 is 0. The van der Waals surface area contributed by atoms with Crippen LogP contribution >= 0.6 is 0 Å². The van der Waals surface area contributed by atoms with Crippen LogP contribution in [0.2, 0.25) is 0 Å². The Morgan fingerprint density at radius 2 is 1.04 bits per heavy atom. The van der Waals surface area contributed by atoms with Crippen molar-refractivity contribution < 1.29 is 9.59 Å². The molecule has 0 unspecified atom stereocenters. The van der Waals surface area contributed by atoms with Gasteiger partial charge in [0.15, 0.2) is 0 Å². The first-order valence-electron chi connectivity index (χ1n) is 8.13. The van der Waals surface area contributed by atoms with E-state index in [-0.39, 0.29) is 24.9 Å². The fourth-order valence-corrected chi connectivity index (χ4v) is 3.11. The van der Waals surface area contributed by atoms with E-state index in [1.807, 2.05) is 64.1 Å². The lowest BCUT2D eigenvalue weighted by molar-refractivity contribution is -0.125. The number of aryl methyl sites for hydroxylation is 2. The summed E-state index contributed by atoms with van der Waals surface area (Å²) in [6.45, 7) is 8.15. The molecule has 1 heterocycles.